The van der Waals surface area contributed by atoms with Gasteiger partial charge in [-0.25, -0.2) is 0 Å². The molecule has 0 radical (unpaired) electrons. The van der Waals surface area contributed by atoms with Crippen LogP contribution in [0.15, 0.2) is 0 Å². The molecule has 1 fully saturated rings. The lowest BCUT2D eigenvalue weighted by Crippen LogP contribution is -2.31. The Hall–Kier alpha value is 0.234. The van der Waals surface area contributed by atoms with Crippen LogP contribution in [0.25, 0.3) is 0 Å². The van der Waals surface area contributed by atoms with Crippen molar-refractivity contribution < 1.29 is 23.4 Å². The SMILES string of the molecule is CC1(CO)OCCO1.C[Si](C)(C)OCCO[Si](C)(C)C. The van der Waals surface area contributed by atoms with Crippen LogP contribution in [0.2, 0.25) is 39.3 Å². The van der Waals surface area contributed by atoms with Crippen LogP contribution in [0.1, 0.15) is 6.92 Å². The van der Waals surface area contributed by atoms with Gasteiger partial charge in [-0.1, -0.05) is 0 Å². The van der Waals surface area contributed by atoms with E-state index in [0.717, 1.165) is 13.2 Å². The van der Waals surface area contributed by atoms with E-state index in [1.54, 1.807) is 6.92 Å². The van der Waals surface area contributed by atoms with E-state index < -0.39 is 22.4 Å². The van der Waals surface area contributed by atoms with Crippen molar-refractivity contribution in [2.45, 2.75) is 52.0 Å². The van der Waals surface area contributed by atoms with Crippen LogP contribution in [0, 0.1) is 0 Å². The second-order valence-corrected chi connectivity index (χ2v) is 15.9. The third-order valence-corrected chi connectivity index (χ3v) is 4.48. The van der Waals surface area contributed by atoms with Crippen molar-refractivity contribution in [2.24, 2.45) is 0 Å². The Balaban J connectivity index is 0.000000388. The van der Waals surface area contributed by atoms with Crippen molar-refractivity contribution >= 4 is 16.6 Å². The summed E-state index contributed by atoms with van der Waals surface area (Å²) in [5.41, 5.74) is 0. The second-order valence-electron chi connectivity index (χ2n) is 6.91. The van der Waals surface area contributed by atoms with Crippen LogP contribution in [0.3, 0.4) is 0 Å². The Morgan fingerprint density at radius 1 is 0.900 bits per heavy atom. The molecule has 5 nitrogen and oxygen atoms in total. The van der Waals surface area contributed by atoms with Crippen molar-refractivity contribution in [2.75, 3.05) is 33.0 Å². The van der Waals surface area contributed by atoms with Gasteiger partial charge in [0.15, 0.2) is 22.4 Å². The molecule has 0 spiro atoms. The van der Waals surface area contributed by atoms with Gasteiger partial charge in [0, 0.05) is 0 Å². The van der Waals surface area contributed by atoms with E-state index in [2.05, 4.69) is 39.3 Å². The Morgan fingerprint density at radius 3 is 1.45 bits per heavy atom. The maximum atomic E-state index is 8.58. The lowest BCUT2D eigenvalue weighted by atomic mass is 10.4. The number of aliphatic hydroxyl groups excluding tert-OH is 1. The standard InChI is InChI=1S/C8H22O2Si2.C5H10O3/c1-11(2,3)9-7-8-10-12(4,5)6;1-5(4-6)7-2-3-8-5/h7-8H2,1-6H3;6H,2-4H2,1H3. The number of hydrogen-bond acceptors (Lipinski definition) is 5. The largest absolute Gasteiger partial charge is 0.415 e. The second kappa shape index (κ2) is 8.62. The first-order valence-corrected chi connectivity index (χ1v) is 14.0. The van der Waals surface area contributed by atoms with Crippen molar-refractivity contribution in [3.63, 3.8) is 0 Å². The molecule has 1 aliphatic rings. The number of aliphatic hydroxyl groups is 1. The van der Waals surface area contributed by atoms with Gasteiger partial charge in [0.2, 0.25) is 0 Å². The quantitative estimate of drug-likeness (QED) is 0.601. The first-order valence-electron chi connectivity index (χ1n) is 7.14. The molecule has 0 aliphatic carbocycles. The molecule has 1 aliphatic heterocycles. The lowest BCUT2D eigenvalue weighted by Gasteiger charge is -2.21. The summed E-state index contributed by atoms with van der Waals surface area (Å²) in [6, 6.07) is 0. The minimum atomic E-state index is -1.32. The average molecular weight is 325 g/mol. The molecule has 1 rings (SSSR count). The Kier molecular flexibility index (Phi) is 8.72. The average Bonchev–Trinajstić information content (AvgIpc) is 2.71. The van der Waals surface area contributed by atoms with Crippen LogP contribution >= 0.6 is 0 Å². The summed E-state index contributed by atoms with van der Waals surface area (Å²) >= 11 is 0. The van der Waals surface area contributed by atoms with Gasteiger partial charge in [0.05, 0.1) is 33.0 Å². The summed E-state index contributed by atoms with van der Waals surface area (Å²) in [5, 5.41) is 8.58. The van der Waals surface area contributed by atoms with Crippen molar-refractivity contribution in [3.05, 3.63) is 0 Å². The zero-order valence-corrected chi connectivity index (χ0v) is 16.1. The molecule has 1 saturated heterocycles. The minimum Gasteiger partial charge on any atom is -0.415 e. The third kappa shape index (κ3) is 12.0. The van der Waals surface area contributed by atoms with Gasteiger partial charge in [0.25, 0.3) is 0 Å². The predicted molar refractivity (Wildman–Crippen MR) is 86.0 cm³/mol. The molecule has 0 amide bonds. The Labute approximate surface area is 125 Å². The molecule has 0 aromatic rings. The first-order chi connectivity index (χ1) is 8.97. The molecule has 7 heteroatoms. The van der Waals surface area contributed by atoms with E-state index in [0.29, 0.717) is 13.2 Å². The van der Waals surface area contributed by atoms with Gasteiger partial charge in [-0.3, -0.25) is 0 Å². The molecule has 0 aromatic heterocycles. The van der Waals surface area contributed by atoms with E-state index in [9.17, 15) is 0 Å². The fourth-order valence-electron chi connectivity index (χ4n) is 1.34. The smallest absolute Gasteiger partial charge is 0.188 e. The van der Waals surface area contributed by atoms with Crippen LogP contribution in [0.4, 0.5) is 0 Å². The van der Waals surface area contributed by atoms with Crippen LogP contribution < -0.4 is 0 Å². The highest BCUT2D eigenvalue weighted by molar-refractivity contribution is 6.70. The van der Waals surface area contributed by atoms with Crippen LogP contribution in [0.5, 0.6) is 0 Å². The normalized spacial score (nSPS) is 18.6. The fraction of sp³-hybridized carbons (Fsp3) is 1.00. The summed E-state index contributed by atoms with van der Waals surface area (Å²) in [6.45, 7) is 17.6. The molecule has 0 unspecified atom stereocenters. The maximum Gasteiger partial charge on any atom is 0.188 e. The van der Waals surface area contributed by atoms with Gasteiger partial charge in [0.1, 0.15) is 0 Å². The maximum absolute atomic E-state index is 8.58. The summed E-state index contributed by atoms with van der Waals surface area (Å²) in [6.07, 6.45) is 0. The summed E-state index contributed by atoms with van der Waals surface area (Å²) in [4.78, 5) is 0. The van der Waals surface area contributed by atoms with E-state index >= 15 is 0 Å². The van der Waals surface area contributed by atoms with Crippen LogP contribution in [-0.2, 0) is 18.3 Å². The number of rotatable bonds is 6. The highest BCUT2D eigenvalue weighted by atomic mass is 28.4. The molecule has 1 N–H and O–H groups in total. The molecule has 0 atom stereocenters. The molecule has 0 aromatic carbocycles. The molecular formula is C13H32O5Si2. The molecule has 122 valence electrons. The monoisotopic (exact) mass is 324 g/mol. The van der Waals surface area contributed by atoms with Crippen molar-refractivity contribution in [1.82, 2.24) is 0 Å². The number of ether oxygens (including phenoxy) is 2. The third-order valence-electron chi connectivity index (χ3n) is 2.34. The van der Waals surface area contributed by atoms with E-state index in [1.807, 2.05) is 0 Å². The van der Waals surface area contributed by atoms with Crippen LogP contribution in [-0.4, -0.2) is 60.6 Å². The first kappa shape index (κ1) is 20.2. The molecule has 0 bridgehead atoms. The summed E-state index contributed by atoms with van der Waals surface area (Å²) < 4.78 is 21.4. The predicted octanol–water partition coefficient (Wildman–Crippen LogP) is 2.43. The van der Waals surface area contributed by atoms with Gasteiger partial charge in [-0.05, 0) is 46.2 Å². The zero-order valence-electron chi connectivity index (χ0n) is 14.1. The highest BCUT2D eigenvalue weighted by Gasteiger charge is 2.29. The molecule has 20 heavy (non-hydrogen) atoms. The van der Waals surface area contributed by atoms with Crippen molar-refractivity contribution in [3.8, 4) is 0 Å². The van der Waals surface area contributed by atoms with E-state index in [-0.39, 0.29) is 6.61 Å². The van der Waals surface area contributed by atoms with Crippen molar-refractivity contribution in [1.29, 1.82) is 0 Å². The fourth-order valence-corrected chi connectivity index (χ4v) is 2.74. The Bertz CT molecular complexity index is 238. The minimum absolute atomic E-state index is 0.0625. The molecule has 1 heterocycles. The Morgan fingerprint density at radius 2 is 1.25 bits per heavy atom. The van der Waals surface area contributed by atoms with Gasteiger partial charge >= 0.3 is 0 Å². The van der Waals surface area contributed by atoms with E-state index in [4.69, 9.17) is 23.4 Å². The van der Waals surface area contributed by atoms with Gasteiger partial charge < -0.3 is 23.4 Å². The molecule has 0 saturated carbocycles. The number of hydrogen-bond donors (Lipinski definition) is 1. The highest BCUT2D eigenvalue weighted by Crippen LogP contribution is 2.16. The molecular weight excluding hydrogens is 292 g/mol. The zero-order chi connectivity index (χ0) is 15.9. The van der Waals surface area contributed by atoms with Gasteiger partial charge in [-0.2, -0.15) is 0 Å². The van der Waals surface area contributed by atoms with Gasteiger partial charge in [-0.15, -0.1) is 0 Å². The topological polar surface area (TPSA) is 57.2 Å². The lowest BCUT2D eigenvalue weighted by molar-refractivity contribution is -0.168. The summed E-state index contributed by atoms with van der Waals surface area (Å²) in [5.74, 6) is -0.708. The summed E-state index contributed by atoms with van der Waals surface area (Å²) in [7, 11) is -2.64. The van der Waals surface area contributed by atoms with E-state index in [1.165, 1.54) is 0 Å².